The highest BCUT2D eigenvalue weighted by Crippen LogP contribution is 2.42. The van der Waals surface area contributed by atoms with E-state index in [-0.39, 0.29) is 0 Å². The van der Waals surface area contributed by atoms with Gasteiger partial charge in [0.1, 0.15) is 0 Å². The molecule has 8 aromatic carbocycles. The van der Waals surface area contributed by atoms with E-state index in [2.05, 4.69) is 165 Å². The van der Waals surface area contributed by atoms with Gasteiger partial charge < -0.3 is 0 Å². The summed E-state index contributed by atoms with van der Waals surface area (Å²) in [4.78, 5) is 15.5. The van der Waals surface area contributed by atoms with Gasteiger partial charge in [0, 0.05) is 49.6 Å². The van der Waals surface area contributed by atoms with Gasteiger partial charge in [0.05, 0.1) is 27.9 Å². The summed E-state index contributed by atoms with van der Waals surface area (Å²) in [5.41, 5.74) is 10.7. The Morgan fingerprint density at radius 1 is 0.396 bits per heavy atom. The summed E-state index contributed by atoms with van der Waals surface area (Å²) in [6.07, 6.45) is 1.89. The highest BCUT2D eigenvalue weighted by molar-refractivity contribution is 6.31. The molecule has 0 aliphatic carbocycles. The SMILES string of the molecule is Cc1cccc2cc(-c3ccc4nc(-c5cccc(-c6nc7c8ccccc8c8ccccc8c7c7ccccc67)c5)ccc4c3)c3cccnc3c12. The molecule has 11 aromatic rings. The lowest BCUT2D eigenvalue weighted by molar-refractivity contribution is 1.39. The Hall–Kier alpha value is -6.97. The zero-order valence-electron chi connectivity index (χ0n) is 29.0. The average molecular weight is 674 g/mol. The van der Waals surface area contributed by atoms with E-state index in [9.17, 15) is 0 Å². The number of hydrogen-bond acceptors (Lipinski definition) is 3. The largest absolute Gasteiger partial charge is 0.256 e. The number of pyridine rings is 3. The number of rotatable bonds is 3. The summed E-state index contributed by atoms with van der Waals surface area (Å²) in [6, 6.07) is 58.7. The molecule has 3 nitrogen and oxygen atoms in total. The maximum absolute atomic E-state index is 5.50. The van der Waals surface area contributed by atoms with Crippen LogP contribution in [0.25, 0.3) is 109 Å². The third-order valence-electron chi connectivity index (χ3n) is 11.0. The molecule has 0 saturated heterocycles. The molecular formula is C50H31N3. The Bertz CT molecular complexity index is 3310. The predicted molar refractivity (Wildman–Crippen MR) is 223 cm³/mol. The first kappa shape index (κ1) is 29.7. The molecule has 3 heteroatoms. The standard InChI is InChI=1S/C50H31N3/c1-30-11-8-13-34-29-43(42-21-10-26-51-49(42)46(30)34)31-22-24-45-33(27-31)23-25-44(52-45)32-12-9-14-35(28-32)48-41-20-7-5-18-39(41)47-38-17-4-2-15-36(38)37-16-3-6-19-40(37)50(47)53-48/h2-29H,1H3. The Balaban J connectivity index is 1.05. The lowest BCUT2D eigenvalue weighted by Gasteiger charge is -2.15. The summed E-state index contributed by atoms with van der Waals surface area (Å²) in [5, 5.41) is 13.1. The third-order valence-corrected chi connectivity index (χ3v) is 11.0. The first-order valence-corrected chi connectivity index (χ1v) is 18.1. The predicted octanol–water partition coefficient (Wildman–Crippen LogP) is 13.3. The van der Waals surface area contributed by atoms with Gasteiger partial charge in [-0.1, -0.05) is 127 Å². The van der Waals surface area contributed by atoms with Crippen molar-refractivity contribution in [2.75, 3.05) is 0 Å². The molecular weight excluding hydrogens is 643 g/mol. The van der Waals surface area contributed by atoms with E-state index in [1.54, 1.807) is 0 Å². The fourth-order valence-corrected chi connectivity index (χ4v) is 8.52. The van der Waals surface area contributed by atoms with E-state index in [1.807, 2.05) is 12.3 Å². The Kier molecular flexibility index (Phi) is 6.47. The molecule has 0 fully saturated rings. The van der Waals surface area contributed by atoms with Gasteiger partial charge in [-0.25, -0.2) is 9.97 Å². The van der Waals surface area contributed by atoms with Crippen LogP contribution in [0.4, 0.5) is 0 Å². The van der Waals surface area contributed by atoms with Gasteiger partial charge in [0.25, 0.3) is 0 Å². The molecule has 0 aliphatic heterocycles. The minimum absolute atomic E-state index is 0.935. The Morgan fingerprint density at radius 3 is 1.94 bits per heavy atom. The van der Waals surface area contributed by atoms with Crippen molar-refractivity contribution in [2.24, 2.45) is 0 Å². The first-order chi connectivity index (χ1) is 26.2. The van der Waals surface area contributed by atoms with Crippen molar-refractivity contribution in [3.8, 4) is 33.6 Å². The van der Waals surface area contributed by atoms with Crippen LogP contribution in [0.3, 0.4) is 0 Å². The Labute approximate surface area is 305 Å². The van der Waals surface area contributed by atoms with E-state index in [0.29, 0.717) is 0 Å². The van der Waals surface area contributed by atoms with Gasteiger partial charge in [0.2, 0.25) is 0 Å². The van der Waals surface area contributed by atoms with Crippen molar-refractivity contribution in [1.29, 1.82) is 0 Å². The van der Waals surface area contributed by atoms with Crippen LogP contribution in [-0.4, -0.2) is 15.0 Å². The molecule has 3 heterocycles. The van der Waals surface area contributed by atoms with E-state index >= 15 is 0 Å². The maximum atomic E-state index is 5.50. The highest BCUT2D eigenvalue weighted by atomic mass is 14.7. The third kappa shape index (κ3) is 4.57. The van der Waals surface area contributed by atoms with Gasteiger partial charge in [0.15, 0.2) is 0 Å². The smallest absolute Gasteiger partial charge is 0.0800 e. The van der Waals surface area contributed by atoms with Crippen LogP contribution in [0, 0.1) is 6.92 Å². The number of aromatic nitrogens is 3. The molecule has 53 heavy (non-hydrogen) atoms. The molecule has 0 N–H and O–H groups in total. The number of nitrogens with zero attached hydrogens (tertiary/aromatic N) is 3. The fourth-order valence-electron chi connectivity index (χ4n) is 8.52. The molecule has 0 unspecified atom stereocenters. The zero-order chi connectivity index (χ0) is 35.0. The van der Waals surface area contributed by atoms with Crippen molar-refractivity contribution in [3.63, 3.8) is 0 Å². The van der Waals surface area contributed by atoms with E-state index < -0.39 is 0 Å². The summed E-state index contributed by atoms with van der Waals surface area (Å²) >= 11 is 0. The van der Waals surface area contributed by atoms with Gasteiger partial charge in [-0.15, -0.1) is 0 Å². The molecule has 0 amide bonds. The summed E-state index contributed by atoms with van der Waals surface area (Å²) in [5.74, 6) is 0. The lowest BCUT2D eigenvalue weighted by atomic mass is 9.92. The van der Waals surface area contributed by atoms with Crippen molar-refractivity contribution < 1.29 is 0 Å². The van der Waals surface area contributed by atoms with Gasteiger partial charge in [-0.2, -0.15) is 0 Å². The van der Waals surface area contributed by atoms with E-state index in [4.69, 9.17) is 15.0 Å². The van der Waals surface area contributed by atoms with Crippen LogP contribution in [0.2, 0.25) is 0 Å². The van der Waals surface area contributed by atoms with Gasteiger partial charge in [-0.3, -0.25) is 4.98 Å². The summed E-state index contributed by atoms with van der Waals surface area (Å²) in [7, 11) is 0. The van der Waals surface area contributed by atoms with Crippen molar-refractivity contribution in [1.82, 2.24) is 15.0 Å². The Morgan fingerprint density at radius 2 is 1.09 bits per heavy atom. The highest BCUT2D eigenvalue weighted by Gasteiger charge is 2.17. The lowest BCUT2D eigenvalue weighted by Crippen LogP contribution is -1.93. The molecule has 0 spiro atoms. The van der Waals surface area contributed by atoms with Crippen molar-refractivity contribution in [2.45, 2.75) is 6.92 Å². The second kappa shape index (κ2) is 11.5. The van der Waals surface area contributed by atoms with Gasteiger partial charge in [-0.05, 0) is 86.9 Å². The average Bonchev–Trinajstić information content (AvgIpc) is 3.22. The second-order valence-corrected chi connectivity index (χ2v) is 14.0. The van der Waals surface area contributed by atoms with Crippen LogP contribution in [-0.2, 0) is 0 Å². The molecule has 0 radical (unpaired) electrons. The van der Waals surface area contributed by atoms with Crippen LogP contribution >= 0.6 is 0 Å². The molecule has 246 valence electrons. The van der Waals surface area contributed by atoms with Crippen LogP contribution in [0.15, 0.2) is 170 Å². The van der Waals surface area contributed by atoms with E-state index in [0.717, 1.165) is 60.8 Å². The molecule has 0 atom stereocenters. The van der Waals surface area contributed by atoms with Crippen LogP contribution in [0.5, 0.6) is 0 Å². The number of fused-ring (bicyclic) bond motifs is 12. The summed E-state index contributed by atoms with van der Waals surface area (Å²) < 4.78 is 0. The van der Waals surface area contributed by atoms with E-state index in [1.165, 1.54) is 54.2 Å². The molecule has 0 aliphatic rings. The van der Waals surface area contributed by atoms with Gasteiger partial charge >= 0.3 is 0 Å². The molecule has 3 aromatic heterocycles. The monoisotopic (exact) mass is 673 g/mol. The second-order valence-electron chi connectivity index (χ2n) is 14.0. The van der Waals surface area contributed by atoms with Crippen LogP contribution in [0.1, 0.15) is 5.56 Å². The summed E-state index contributed by atoms with van der Waals surface area (Å²) in [6.45, 7) is 2.16. The topological polar surface area (TPSA) is 38.7 Å². The molecule has 0 saturated carbocycles. The maximum Gasteiger partial charge on any atom is 0.0800 e. The number of hydrogen-bond donors (Lipinski definition) is 0. The minimum Gasteiger partial charge on any atom is -0.256 e. The number of benzene rings is 8. The molecule has 11 rings (SSSR count). The van der Waals surface area contributed by atoms with Crippen LogP contribution < -0.4 is 0 Å². The number of aryl methyl sites for hydroxylation is 1. The molecule has 0 bridgehead atoms. The minimum atomic E-state index is 0.935. The quantitative estimate of drug-likeness (QED) is 0.175. The van der Waals surface area contributed by atoms with Crippen molar-refractivity contribution in [3.05, 3.63) is 176 Å². The van der Waals surface area contributed by atoms with Crippen molar-refractivity contribution >= 4 is 75.8 Å². The zero-order valence-corrected chi connectivity index (χ0v) is 29.0. The fraction of sp³-hybridized carbons (Fsp3) is 0.0200. The normalized spacial score (nSPS) is 11.9. The first-order valence-electron chi connectivity index (χ1n) is 18.1.